The number of ether oxygens (including phenoxy) is 2. The highest BCUT2D eigenvalue weighted by molar-refractivity contribution is 6.01. The first kappa shape index (κ1) is 30.2. The summed E-state index contributed by atoms with van der Waals surface area (Å²) in [5.74, 6) is -5.10. The smallest absolute Gasteiger partial charge is 0.336 e. The van der Waals surface area contributed by atoms with Crippen LogP contribution in [0.15, 0.2) is 49.6 Å². The van der Waals surface area contributed by atoms with Crippen LogP contribution in [-0.4, -0.2) is 87.4 Å². The number of hydrogen-bond donors (Lipinski definition) is 3. The monoisotopic (exact) mass is 448 g/mol. The van der Waals surface area contributed by atoms with Crippen LogP contribution in [0.3, 0.4) is 0 Å². The topological polar surface area (TPSA) is 164 Å². The van der Waals surface area contributed by atoms with Crippen LogP contribution in [0.25, 0.3) is 0 Å². The molecule has 1 aromatic carbocycles. The average Bonchev–Trinajstić information content (AvgIpc) is 2.74. The molecule has 3 N–H and O–H groups in total. The van der Waals surface area contributed by atoms with E-state index in [2.05, 4.69) is 22.6 Å². The standard InChI is InChI=1S/C12H16O6.C8H6O4.Mg.2H/c1-4-9(13)10(14)7-18-12(16)8(3)6-17-11(15)5-2;9-7(10)5-3-1-2-4-6(5)8(11)12;;;/h4-5,8,10,14H,1-2,6-7H2,3H3;1-4H,(H,9,10)(H,11,12);;;. The van der Waals surface area contributed by atoms with E-state index in [1.807, 2.05) is 0 Å². The lowest BCUT2D eigenvalue weighted by atomic mass is 10.1. The first-order chi connectivity index (χ1) is 14.0. The fourth-order valence-electron chi connectivity index (χ4n) is 1.71. The van der Waals surface area contributed by atoms with E-state index in [0.717, 1.165) is 12.2 Å². The summed E-state index contributed by atoms with van der Waals surface area (Å²) in [5.41, 5.74) is -0.380. The van der Waals surface area contributed by atoms with Gasteiger partial charge < -0.3 is 24.8 Å². The SMILES string of the molecule is C=CC(=O)OCC(C)C(=O)OCC(O)C(=O)C=C.O=C(O)c1ccccc1C(=O)O.[MgH2]. The highest BCUT2D eigenvalue weighted by Gasteiger charge is 2.19. The molecule has 0 aliphatic carbocycles. The molecule has 0 fully saturated rings. The third-order valence-electron chi connectivity index (χ3n) is 3.35. The normalized spacial score (nSPS) is 11.2. The Morgan fingerprint density at radius 3 is 1.81 bits per heavy atom. The zero-order valence-electron chi connectivity index (χ0n) is 16.1. The molecule has 0 saturated carbocycles. The van der Waals surface area contributed by atoms with Gasteiger partial charge >= 0.3 is 46.9 Å². The maximum absolute atomic E-state index is 11.4. The predicted molar refractivity (Wildman–Crippen MR) is 111 cm³/mol. The number of ketones is 1. The summed E-state index contributed by atoms with van der Waals surface area (Å²) >= 11 is 0. The first-order valence-electron chi connectivity index (χ1n) is 8.40. The minimum atomic E-state index is -1.42. The van der Waals surface area contributed by atoms with Gasteiger partial charge in [-0.1, -0.05) is 25.3 Å². The lowest BCUT2D eigenvalue weighted by Gasteiger charge is -2.13. The van der Waals surface area contributed by atoms with Crippen LogP contribution >= 0.6 is 0 Å². The molecule has 2 atom stereocenters. The van der Waals surface area contributed by atoms with E-state index in [4.69, 9.17) is 10.2 Å². The highest BCUT2D eigenvalue weighted by atomic mass is 24.3. The summed E-state index contributed by atoms with van der Waals surface area (Å²) in [5, 5.41) is 26.3. The van der Waals surface area contributed by atoms with Crippen LogP contribution in [0.4, 0.5) is 0 Å². The van der Waals surface area contributed by atoms with Crippen molar-refractivity contribution in [1.82, 2.24) is 0 Å². The van der Waals surface area contributed by atoms with Gasteiger partial charge in [0, 0.05) is 6.08 Å². The number of aliphatic hydroxyl groups is 1. The molecule has 0 aliphatic rings. The molecule has 0 aliphatic heterocycles. The lowest BCUT2D eigenvalue weighted by Crippen LogP contribution is -2.29. The van der Waals surface area contributed by atoms with Gasteiger partial charge in [-0.05, 0) is 25.1 Å². The number of aromatic carboxylic acids is 2. The molecule has 0 bridgehead atoms. The molecule has 11 heteroatoms. The van der Waals surface area contributed by atoms with Crippen molar-refractivity contribution >= 4 is 52.7 Å². The van der Waals surface area contributed by atoms with Crippen LogP contribution in [0.2, 0.25) is 0 Å². The Hall–Kier alpha value is -3.02. The molecule has 0 aromatic heterocycles. The molecular weight excluding hydrogens is 425 g/mol. The van der Waals surface area contributed by atoms with Crippen LogP contribution in [-0.2, 0) is 23.9 Å². The van der Waals surface area contributed by atoms with Crippen LogP contribution in [0.5, 0.6) is 0 Å². The number of benzene rings is 1. The van der Waals surface area contributed by atoms with Gasteiger partial charge in [0.15, 0.2) is 11.9 Å². The second-order valence-electron chi connectivity index (χ2n) is 5.64. The van der Waals surface area contributed by atoms with Gasteiger partial charge in [-0.3, -0.25) is 9.59 Å². The van der Waals surface area contributed by atoms with Crippen molar-refractivity contribution in [3.05, 3.63) is 60.7 Å². The molecule has 31 heavy (non-hydrogen) atoms. The van der Waals surface area contributed by atoms with Gasteiger partial charge in [0.05, 0.1) is 17.0 Å². The number of aliphatic hydroxyl groups excluding tert-OH is 1. The van der Waals surface area contributed by atoms with E-state index in [9.17, 15) is 29.1 Å². The third kappa shape index (κ3) is 11.7. The molecule has 0 amide bonds. The Kier molecular flexibility index (Phi) is 15.3. The van der Waals surface area contributed by atoms with Gasteiger partial charge in [-0.2, -0.15) is 0 Å². The van der Waals surface area contributed by atoms with E-state index in [-0.39, 0.29) is 40.8 Å². The number of carbonyl (C=O) groups is 5. The molecule has 0 spiro atoms. The molecule has 2 unspecified atom stereocenters. The second kappa shape index (κ2) is 15.8. The Morgan fingerprint density at radius 2 is 1.42 bits per heavy atom. The van der Waals surface area contributed by atoms with Crippen LogP contribution < -0.4 is 0 Å². The van der Waals surface area contributed by atoms with Crippen molar-refractivity contribution in [2.24, 2.45) is 5.92 Å². The maximum Gasteiger partial charge on any atom is 0.336 e. The Morgan fingerprint density at radius 1 is 0.935 bits per heavy atom. The summed E-state index contributed by atoms with van der Waals surface area (Å²) in [6.45, 7) is 7.26. The summed E-state index contributed by atoms with van der Waals surface area (Å²) in [6.07, 6.45) is 0.493. The van der Waals surface area contributed by atoms with E-state index in [1.165, 1.54) is 31.2 Å². The van der Waals surface area contributed by atoms with Gasteiger partial charge in [-0.25, -0.2) is 14.4 Å². The Balaban J connectivity index is 0. The van der Waals surface area contributed by atoms with Crippen molar-refractivity contribution in [2.75, 3.05) is 13.2 Å². The second-order valence-corrected chi connectivity index (χ2v) is 5.64. The number of carbonyl (C=O) groups excluding carboxylic acids is 3. The van der Waals surface area contributed by atoms with Crippen molar-refractivity contribution < 1.29 is 48.8 Å². The minimum Gasteiger partial charge on any atom is -0.478 e. The van der Waals surface area contributed by atoms with Crippen molar-refractivity contribution in [3.8, 4) is 0 Å². The fourth-order valence-corrected chi connectivity index (χ4v) is 1.71. The van der Waals surface area contributed by atoms with Crippen LogP contribution in [0.1, 0.15) is 27.6 Å². The summed E-state index contributed by atoms with van der Waals surface area (Å²) in [6, 6.07) is 5.48. The zero-order valence-corrected chi connectivity index (χ0v) is 16.1. The number of carboxylic acids is 2. The molecule has 0 heterocycles. The molecule has 0 saturated heterocycles. The number of carboxylic acid groups (broad SMARTS) is 2. The molecule has 10 nitrogen and oxygen atoms in total. The van der Waals surface area contributed by atoms with Gasteiger partial charge in [0.25, 0.3) is 0 Å². The predicted octanol–water partition coefficient (Wildman–Crippen LogP) is 0.178. The summed E-state index contributed by atoms with van der Waals surface area (Å²) < 4.78 is 9.33. The number of hydrogen-bond acceptors (Lipinski definition) is 8. The van der Waals surface area contributed by atoms with E-state index in [0.29, 0.717) is 0 Å². The van der Waals surface area contributed by atoms with E-state index < -0.39 is 48.3 Å². The molecule has 1 aromatic rings. The largest absolute Gasteiger partial charge is 0.478 e. The first-order valence-corrected chi connectivity index (χ1v) is 8.40. The molecule has 0 radical (unpaired) electrons. The van der Waals surface area contributed by atoms with E-state index in [1.54, 1.807) is 0 Å². The zero-order chi connectivity index (χ0) is 23.3. The summed E-state index contributed by atoms with van der Waals surface area (Å²) in [4.78, 5) is 54.0. The highest BCUT2D eigenvalue weighted by Crippen LogP contribution is 2.08. The van der Waals surface area contributed by atoms with Crippen LogP contribution in [0, 0.1) is 5.92 Å². The van der Waals surface area contributed by atoms with Gasteiger partial charge in [-0.15, -0.1) is 0 Å². The van der Waals surface area contributed by atoms with E-state index >= 15 is 0 Å². The fraction of sp³-hybridized carbons (Fsp3) is 0.250. The Bertz CT molecular complexity index is 785. The van der Waals surface area contributed by atoms with Gasteiger partial charge in [0.1, 0.15) is 13.2 Å². The lowest BCUT2D eigenvalue weighted by molar-refractivity contribution is -0.155. The molecule has 1 rings (SSSR count). The van der Waals surface area contributed by atoms with Crippen molar-refractivity contribution in [1.29, 1.82) is 0 Å². The van der Waals surface area contributed by atoms with Crippen molar-refractivity contribution in [2.45, 2.75) is 13.0 Å². The summed E-state index contributed by atoms with van der Waals surface area (Å²) in [7, 11) is 0. The third-order valence-corrected chi connectivity index (χ3v) is 3.35. The quantitative estimate of drug-likeness (QED) is 0.255. The Labute approximate surface area is 194 Å². The van der Waals surface area contributed by atoms with Gasteiger partial charge in [0.2, 0.25) is 0 Å². The maximum atomic E-state index is 11.4. The number of rotatable bonds is 10. The number of esters is 2. The minimum absolute atomic E-state index is 0. The molecular formula is C20H24MgO10. The molecule has 166 valence electrons. The van der Waals surface area contributed by atoms with Crippen molar-refractivity contribution in [3.63, 3.8) is 0 Å². The average molecular weight is 449 g/mol.